The quantitative estimate of drug-likeness (QED) is 0.774. The van der Waals surface area contributed by atoms with Gasteiger partial charge >= 0.3 is 0 Å². The lowest BCUT2D eigenvalue weighted by atomic mass is 9.91. The second-order valence-electron chi connectivity index (χ2n) is 5.91. The molecule has 0 aromatic heterocycles. The van der Waals surface area contributed by atoms with E-state index in [1.165, 1.54) is 0 Å². The monoisotopic (exact) mass is 318 g/mol. The zero-order valence-corrected chi connectivity index (χ0v) is 13.7. The maximum atomic E-state index is 13.0. The normalized spacial score (nSPS) is 21.9. The van der Waals surface area contributed by atoms with Crippen molar-refractivity contribution in [1.82, 2.24) is 0 Å². The molecule has 0 bridgehead atoms. The highest BCUT2D eigenvalue weighted by Crippen LogP contribution is 2.39. The van der Waals surface area contributed by atoms with E-state index in [0.29, 0.717) is 28.4 Å². The van der Waals surface area contributed by atoms with E-state index in [0.717, 1.165) is 31.3 Å². The Bertz CT molecular complexity index is 699. The van der Waals surface area contributed by atoms with Crippen LogP contribution in [0.4, 0.5) is 0 Å². The smallest absolute Gasteiger partial charge is 0.206 e. The van der Waals surface area contributed by atoms with Gasteiger partial charge in [-0.25, -0.2) is 8.42 Å². The molecule has 0 spiro atoms. The van der Waals surface area contributed by atoms with Gasteiger partial charge in [0.15, 0.2) is 0 Å². The van der Waals surface area contributed by atoms with Gasteiger partial charge in [0.1, 0.15) is 11.9 Å². The molecular formula is C18H22O3S. The van der Waals surface area contributed by atoms with Crippen molar-refractivity contribution in [3.63, 3.8) is 0 Å². The molecule has 1 aromatic rings. The predicted octanol–water partition coefficient (Wildman–Crippen LogP) is 4.37. The predicted molar refractivity (Wildman–Crippen MR) is 87.0 cm³/mol. The summed E-state index contributed by atoms with van der Waals surface area (Å²) in [4.78, 5) is 0.821. The molecule has 3 nitrogen and oxygen atoms in total. The van der Waals surface area contributed by atoms with Gasteiger partial charge in [0, 0.05) is 12.8 Å². The highest BCUT2D eigenvalue weighted by Gasteiger charge is 2.34. The van der Waals surface area contributed by atoms with E-state index in [-0.39, 0.29) is 6.10 Å². The number of allylic oxidation sites excluding steroid dienone is 3. The van der Waals surface area contributed by atoms with Gasteiger partial charge in [0.2, 0.25) is 9.84 Å². The second kappa shape index (κ2) is 6.29. The third-order valence-corrected chi connectivity index (χ3v) is 6.22. The molecule has 118 valence electrons. The standard InChI is InChI=1S/C18H22O3S/c1-2-8-17-18(13-14-9-6-7-12-16(14)21-17)22(19,20)15-10-4-3-5-11-15/h3-5,9-11,16H,2,6-8,12-13H2,1H3. The lowest BCUT2D eigenvalue weighted by Gasteiger charge is -2.33. The molecule has 4 heteroatoms. The van der Waals surface area contributed by atoms with Crippen LogP contribution in [-0.2, 0) is 14.6 Å². The summed E-state index contributed by atoms with van der Waals surface area (Å²) in [6.07, 6.45) is 7.47. The van der Waals surface area contributed by atoms with Crippen molar-refractivity contribution in [1.29, 1.82) is 0 Å². The van der Waals surface area contributed by atoms with E-state index in [4.69, 9.17) is 4.74 Å². The summed E-state index contributed by atoms with van der Waals surface area (Å²) < 4.78 is 32.0. The van der Waals surface area contributed by atoms with Gasteiger partial charge in [0.05, 0.1) is 9.80 Å². The van der Waals surface area contributed by atoms with Gasteiger partial charge in [-0.2, -0.15) is 0 Å². The van der Waals surface area contributed by atoms with Gasteiger partial charge in [-0.05, 0) is 43.4 Å². The van der Waals surface area contributed by atoms with Crippen molar-refractivity contribution in [2.24, 2.45) is 0 Å². The SMILES string of the molecule is CCCC1=C(S(=O)(=O)c2ccccc2)CC2=CCCCC2O1. The zero-order chi connectivity index (χ0) is 15.6. The van der Waals surface area contributed by atoms with Crippen molar-refractivity contribution in [2.45, 2.75) is 56.4 Å². The molecule has 1 aliphatic carbocycles. The number of fused-ring (bicyclic) bond motifs is 1. The highest BCUT2D eigenvalue weighted by molar-refractivity contribution is 7.95. The average molecular weight is 318 g/mol. The molecule has 22 heavy (non-hydrogen) atoms. The molecule has 0 fully saturated rings. The van der Waals surface area contributed by atoms with E-state index in [1.54, 1.807) is 24.3 Å². The van der Waals surface area contributed by atoms with E-state index in [9.17, 15) is 8.42 Å². The van der Waals surface area contributed by atoms with E-state index < -0.39 is 9.84 Å². The first-order valence-corrected chi connectivity index (χ1v) is 9.49. The molecule has 1 atom stereocenters. The molecular weight excluding hydrogens is 296 g/mol. The molecule has 0 saturated carbocycles. The first-order chi connectivity index (χ1) is 10.6. The molecule has 0 saturated heterocycles. The fourth-order valence-corrected chi connectivity index (χ4v) is 4.77. The average Bonchev–Trinajstić information content (AvgIpc) is 2.55. The Morgan fingerprint density at radius 2 is 2.00 bits per heavy atom. The summed E-state index contributed by atoms with van der Waals surface area (Å²) in [5.41, 5.74) is 1.14. The van der Waals surface area contributed by atoms with Crippen molar-refractivity contribution in [3.8, 4) is 0 Å². The largest absolute Gasteiger partial charge is 0.489 e. The molecule has 0 amide bonds. The van der Waals surface area contributed by atoms with Gasteiger partial charge < -0.3 is 4.74 Å². The third kappa shape index (κ3) is 2.84. The number of rotatable bonds is 4. The van der Waals surface area contributed by atoms with Gasteiger partial charge in [-0.3, -0.25) is 0 Å². The van der Waals surface area contributed by atoms with Crippen LogP contribution in [0.5, 0.6) is 0 Å². The van der Waals surface area contributed by atoms with Gasteiger partial charge in [-0.15, -0.1) is 0 Å². The van der Waals surface area contributed by atoms with E-state index >= 15 is 0 Å². The first kappa shape index (κ1) is 15.3. The minimum Gasteiger partial charge on any atom is -0.489 e. The van der Waals surface area contributed by atoms with Crippen molar-refractivity contribution in [3.05, 3.63) is 52.6 Å². The summed E-state index contributed by atoms with van der Waals surface area (Å²) in [7, 11) is -3.47. The number of ether oxygens (including phenoxy) is 1. The molecule has 0 N–H and O–H groups in total. The van der Waals surface area contributed by atoms with Crippen molar-refractivity contribution < 1.29 is 13.2 Å². The van der Waals surface area contributed by atoms with Crippen LogP contribution >= 0.6 is 0 Å². The Morgan fingerprint density at radius 1 is 1.23 bits per heavy atom. The van der Waals surface area contributed by atoms with E-state index in [1.807, 2.05) is 6.07 Å². The zero-order valence-electron chi connectivity index (χ0n) is 12.9. The summed E-state index contributed by atoms with van der Waals surface area (Å²) in [6.45, 7) is 2.05. The Kier molecular flexibility index (Phi) is 4.39. The fourth-order valence-electron chi connectivity index (χ4n) is 3.16. The number of sulfone groups is 1. The van der Waals surface area contributed by atoms with Crippen LogP contribution in [0.1, 0.15) is 45.4 Å². The molecule has 1 unspecified atom stereocenters. The van der Waals surface area contributed by atoms with Crippen LogP contribution in [0.25, 0.3) is 0 Å². The number of hydrogen-bond acceptors (Lipinski definition) is 3. The number of hydrogen-bond donors (Lipinski definition) is 0. The Hall–Kier alpha value is -1.55. The molecule has 1 aliphatic heterocycles. The summed E-state index contributed by atoms with van der Waals surface area (Å²) in [6, 6.07) is 8.68. The van der Waals surface area contributed by atoms with Crippen molar-refractivity contribution in [2.75, 3.05) is 0 Å². The van der Waals surface area contributed by atoms with Gasteiger partial charge in [0.25, 0.3) is 0 Å². The lowest BCUT2D eigenvalue weighted by Crippen LogP contribution is -2.26. The van der Waals surface area contributed by atoms with Crippen LogP contribution in [0.3, 0.4) is 0 Å². The molecule has 1 heterocycles. The summed E-state index contributed by atoms with van der Waals surface area (Å²) >= 11 is 0. The first-order valence-electron chi connectivity index (χ1n) is 8.00. The maximum Gasteiger partial charge on any atom is 0.206 e. The van der Waals surface area contributed by atoms with Crippen LogP contribution in [0.15, 0.2) is 57.5 Å². The Balaban J connectivity index is 2.05. The fraction of sp³-hybridized carbons (Fsp3) is 0.444. The molecule has 0 radical (unpaired) electrons. The maximum absolute atomic E-state index is 13.0. The van der Waals surface area contributed by atoms with Crippen LogP contribution in [0.2, 0.25) is 0 Å². The Labute approximate surface area is 132 Å². The van der Waals surface area contributed by atoms with E-state index in [2.05, 4.69) is 13.0 Å². The molecule has 2 aliphatic rings. The summed E-state index contributed by atoms with van der Waals surface area (Å²) in [5, 5.41) is 0. The van der Waals surface area contributed by atoms with Crippen LogP contribution in [-0.4, -0.2) is 14.5 Å². The summed E-state index contributed by atoms with van der Waals surface area (Å²) in [5.74, 6) is 0.676. The lowest BCUT2D eigenvalue weighted by molar-refractivity contribution is 0.110. The van der Waals surface area contributed by atoms with Crippen molar-refractivity contribution >= 4 is 9.84 Å². The third-order valence-electron chi connectivity index (χ3n) is 4.31. The highest BCUT2D eigenvalue weighted by atomic mass is 32.2. The second-order valence-corrected chi connectivity index (χ2v) is 7.88. The Morgan fingerprint density at radius 3 is 2.73 bits per heavy atom. The topological polar surface area (TPSA) is 43.4 Å². The molecule has 1 aromatic carbocycles. The van der Waals surface area contributed by atoms with Crippen LogP contribution < -0.4 is 0 Å². The number of benzene rings is 1. The van der Waals surface area contributed by atoms with Crippen LogP contribution in [0, 0.1) is 0 Å². The molecule has 3 rings (SSSR count). The van der Waals surface area contributed by atoms with Gasteiger partial charge in [-0.1, -0.05) is 31.2 Å². The minimum atomic E-state index is -3.47. The minimum absolute atomic E-state index is 0.0880.